The van der Waals surface area contributed by atoms with Gasteiger partial charge in [-0.25, -0.2) is 13.1 Å². The quantitative estimate of drug-likeness (QED) is 0.834. The van der Waals surface area contributed by atoms with Crippen LogP contribution in [-0.4, -0.2) is 56.7 Å². The molecule has 7 nitrogen and oxygen atoms in total. The van der Waals surface area contributed by atoms with E-state index in [0.717, 1.165) is 17.5 Å². The molecule has 116 valence electrons. The summed E-state index contributed by atoms with van der Waals surface area (Å²) >= 11 is 0. The van der Waals surface area contributed by atoms with E-state index in [0.29, 0.717) is 19.7 Å². The smallest absolute Gasteiger partial charge is 0.237 e. The fourth-order valence-corrected chi connectivity index (χ4v) is 2.54. The number of amides is 1. The molecule has 1 fully saturated rings. The summed E-state index contributed by atoms with van der Waals surface area (Å²) in [6.45, 7) is 2.97. The lowest BCUT2D eigenvalue weighted by Crippen LogP contribution is -2.46. The lowest BCUT2D eigenvalue weighted by atomic mass is 10.1. The number of carbonyl (C=O) groups excluding carboxylic acids is 1. The average molecular weight is 313 g/mol. The third-order valence-electron chi connectivity index (χ3n) is 3.20. The Bertz CT molecular complexity index is 618. The zero-order chi connectivity index (χ0) is 15.5. The van der Waals surface area contributed by atoms with Crippen LogP contribution in [0, 0.1) is 6.92 Å². The van der Waals surface area contributed by atoms with Crippen LogP contribution in [-0.2, 0) is 19.6 Å². The van der Waals surface area contributed by atoms with Crippen molar-refractivity contribution < 1.29 is 17.9 Å². The maximum Gasteiger partial charge on any atom is 0.237 e. The van der Waals surface area contributed by atoms with Crippen molar-refractivity contribution in [1.29, 1.82) is 0 Å². The van der Waals surface area contributed by atoms with Crippen LogP contribution in [0.5, 0.6) is 0 Å². The van der Waals surface area contributed by atoms with Crippen molar-refractivity contribution in [3.05, 3.63) is 29.6 Å². The summed E-state index contributed by atoms with van der Waals surface area (Å²) in [5, 5.41) is 0. The van der Waals surface area contributed by atoms with Crippen LogP contribution in [0.15, 0.2) is 18.3 Å². The number of carbonyl (C=O) groups is 1. The summed E-state index contributed by atoms with van der Waals surface area (Å²) < 4.78 is 30.0. The third-order valence-corrected chi connectivity index (χ3v) is 3.87. The number of hydrogen-bond donors (Lipinski definition) is 1. The number of sulfonamides is 1. The van der Waals surface area contributed by atoms with E-state index in [2.05, 4.69) is 9.71 Å². The van der Waals surface area contributed by atoms with E-state index in [4.69, 9.17) is 4.74 Å². The van der Waals surface area contributed by atoms with E-state index >= 15 is 0 Å². The molecule has 1 atom stereocenters. The number of nitrogens with one attached hydrogen (secondary N) is 1. The van der Waals surface area contributed by atoms with E-state index < -0.39 is 10.0 Å². The van der Waals surface area contributed by atoms with Crippen LogP contribution in [0.2, 0.25) is 0 Å². The topological polar surface area (TPSA) is 88.6 Å². The van der Waals surface area contributed by atoms with Gasteiger partial charge in [0.1, 0.15) is 6.10 Å². The second kappa shape index (κ2) is 6.50. The average Bonchev–Trinajstić information content (AvgIpc) is 2.44. The first-order valence-electron chi connectivity index (χ1n) is 6.62. The monoisotopic (exact) mass is 313 g/mol. The summed E-state index contributed by atoms with van der Waals surface area (Å²) in [7, 11) is -3.37. The van der Waals surface area contributed by atoms with Gasteiger partial charge in [0.15, 0.2) is 0 Å². The second-order valence-corrected chi connectivity index (χ2v) is 6.86. The molecule has 1 saturated heterocycles. The van der Waals surface area contributed by atoms with Gasteiger partial charge in [0, 0.05) is 18.4 Å². The number of hydrogen-bond acceptors (Lipinski definition) is 5. The van der Waals surface area contributed by atoms with Crippen molar-refractivity contribution in [2.75, 3.05) is 32.5 Å². The largest absolute Gasteiger partial charge is 0.370 e. The van der Waals surface area contributed by atoms with Gasteiger partial charge >= 0.3 is 0 Å². The Labute approximate surface area is 124 Å². The molecule has 1 aliphatic rings. The fraction of sp³-hybridized carbons (Fsp3) is 0.538. The van der Waals surface area contributed by atoms with Gasteiger partial charge in [-0.05, 0) is 24.6 Å². The first kappa shape index (κ1) is 15.9. The second-order valence-electron chi connectivity index (χ2n) is 5.02. The molecule has 0 spiro atoms. The Hall–Kier alpha value is -1.51. The lowest BCUT2D eigenvalue weighted by molar-refractivity contribution is -0.137. The predicted octanol–water partition coefficient (Wildman–Crippen LogP) is -0.161. The van der Waals surface area contributed by atoms with Crippen LogP contribution in [0.4, 0.5) is 0 Å². The Balaban J connectivity index is 1.99. The predicted molar refractivity (Wildman–Crippen MR) is 77.1 cm³/mol. The Morgan fingerprint density at radius 2 is 2.33 bits per heavy atom. The molecule has 2 rings (SSSR count). The zero-order valence-electron chi connectivity index (χ0n) is 12.1. The van der Waals surface area contributed by atoms with Crippen LogP contribution in [0.3, 0.4) is 0 Å². The van der Waals surface area contributed by atoms with E-state index in [9.17, 15) is 13.2 Å². The minimum atomic E-state index is -3.37. The van der Waals surface area contributed by atoms with Crippen molar-refractivity contribution in [2.24, 2.45) is 0 Å². The summed E-state index contributed by atoms with van der Waals surface area (Å²) in [4.78, 5) is 17.8. The standard InChI is InChI=1S/C13H19N3O4S/c1-10-7-11(3-4-14-10)12-9-16(5-6-20-12)13(17)8-15-21(2,18)19/h3-4,7,12,15H,5-6,8-9H2,1-2H3/t12-/m1/s1. The van der Waals surface area contributed by atoms with Crippen molar-refractivity contribution in [3.63, 3.8) is 0 Å². The number of ether oxygens (including phenoxy) is 1. The molecule has 1 amide bonds. The Morgan fingerprint density at radius 3 is 3.00 bits per heavy atom. The minimum Gasteiger partial charge on any atom is -0.370 e. The molecular formula is C13H19N3O4S. The molecule has 0 aromatic carbocycles. The number of aryl methyl sites for hydroxylation is 1. The molecule has 0 aliphatic carbocycles. The molecule has 1 N–H and O–H groups in total. The lowest BCUT2D eigenvalue weighted by Gasteiger charge is -2.33. The highest BCUT2D eigenvalue weighted by molar-refractivity contribution is 7.88. The number of aromatic nitrogens is 1. The van der Waals surface area contributed by atoms with Crippen LogP contribution in [0.25, 0.3) is 0 Å². The molecule has 1 aromatic heterocycles. The molecule has 1 aliphatic heterocycles. The normalized spacial score (nSPS) is 19.5. The van der Waals surface area contributed by atoms with Crippen molar-refractivity contribution >= 4 is 15.9 Å². The zero-order valence-corrected chi connectivity index (χ0v) is 12.9. The molecular weight excluding hydrogens is 294 g/mol. The third kappa shape index (κ3) is 4.76. The molecule has 0 radical (unpaired) electrons. The van der Waals surface area contributed by atoms with Gasteiger partial charge in [0.25, 0.3) is 0 Å². The fourth-order valence-electron chi connectivity index (χ4n) is 2.15. The highest BCUT2D eigenvalue weighted by Gasteiger charge is 2.25. The van der Waals surface area contributed by atoms with Crippen molar-refractivity contribution in [2.45, 2.75) is 13.0 Å². The van der Waals surface area contributed by atoms with E-state index in [1.165, 1.54) is 0 Å². The molecule has 0 unspecified atom stereocenters. The number of morpholine rings is 1. The number of pyridine rings is 1. The molecule has 0 bridgehead atoms. The highest BCUT2D eigenvalue weighted by atomic mass is 32.2. The number of nitrogens with zero attached hydrogens (tertiary/aromatic N) is 2. The Kier molecular flexibility index (Phi) is 4.92. The van der Waals surface area contributed by atoms with Crippen LogP contribution in [0.1, 0.15) is 17.4 Å². The van der Waals surface area contributed by atoms with E-state index in [1.807, 2.05) is 19.1 Å². The molecule has 0 saturated carbocycles. The SMILES string of the molecule is Cc1cc([C@H]2CN(C(=O)CNS(C)(=O)=O)CCO2)ccn1. The van der Waals surface area contributed by atoms with Crippen LogP contribution >= 0.6 is 0 Å². The maximum absolute atomic E-state index is 12.0. The van der Waals surface area contributed by atoms with Gasteiger partial charge in [0.2, 0.25) is 15.9 Å². The van der Waals surface area contributed by atoms with Crippen molar-refractivity contribution in [1.82, 2.24) is 14.6 Å². The summed E-state index contributed by atoms with van der Waals surface area (Å²) in [6.07, 6.45) is 2.53. The first-order valence-corrected chi connectivity index (χ1v) is 8.51. The summed E-state index contributed by atoms with van der Waals surface area (Å²) in [5.41, 5.74) is 1.86. The van der Waals surface area contributed by atoms with Gasteiger partial charge in [0.05, 0.1) is 26.0 Å². The number of rotatable bonds is 4. The van der Waals surface area contributed by atoms with Gasteiger partial charge in [-0.15, -0.1) is 0 Å². The Morgan fingerprint density at radius 1 is 1.57 bits per heavy atom. The molecule has 1 aromatic rings. The first-order chi connectivity index (χ1) is 9.85. The molecule has 8 heteroatoms. The highest BCUT2D eigenvalue weighted by Crippen LogP contribution is 2.22. The van der Waals surface area contributed by atoms with Gasteiger partial charge in [-0.1, -0.05) is 0 Å². The summed E-state index contributed by atoms with van der Waals surface area (Å²) in [5.74, 6) is -0.250. The van der Waals surface area contributed by atoms with Gasteiger partial charge in [-0.3, -0.25) is 9.78 Å². The van der Waals surface area contributed by atoms with Gasteiger partial charge in [-0.2, -0.15) is 0 Å². The van der Waals surface area contributed by atoms with Crippen molar-refractivity contribution in [3.8, 4) is 0 Å². The maximum atomic E-state index is 12.0. The summed E-state index contributed by atoms with van der Waals surface area (Å²) in [6, 6.07) is 3.79. The van der Waals surface area contributed by atoms with E-state index in [-0.39, 0.29) is 18.6 Å². The van der Waals surface area contributed by atoms with Crippen LogP contribution < -0.4 is 4.72 Å². The van der Waals surface area contributed by atoms with E-state index in [1.54, 1.807) is 11.1 Å². The molecule has 21 heavy (non-hydrogen) atoms. The van der Waals surface area contributed by atoms with Gasteiger partial charge < -0.3 is 9.64 Å². The minimum absolute atomic E-state index is 0.206. The molecule has 2 heterocycles.